The fourth-order valence-electron chi connectivity index (χ4n) is 5.31. The Morgan fingerprint density at radius 3 is 1.77 bits per heavy atom. The number of ether oxygens (including phenoxy) is 3. The fraction of sp³-hybridized carbons (Fsp3) is 0.242. The number of carbonyl (C=O) groups is 1. The predicted octanol–water partition coefficient (Wildman–Crippen LogP) is 3.93. The highest BCUT2D eigenvalue weighted by molar-refractivity contribution is 5.73. The van der Waals surface area contributed by atoms with Gasteiger partial charge >= 0.3 is 0 Å². The smallest absolute Gasteiger partial charge is 0.269 e. The van der Waals surface area contributed by atoms with Gasteiger partial charge < -0.3 is 29.7 Å². The summed E-state index contributed by atoms with van der Waals surface area (Å²) < 4.78 is 18.9. The lowest BCUT2D eigenvalue weighted by Gasteiger charge is -2.44. The molecule has 1 amide bonds. The van der Waals surface area contributed by atoms with E-state index in [9.17, 15) is 25.1 Å². The molecule has 5 atom stereocenters. The van der Waals surface area contributed by atoms with E-state index in [1.807, 2.05) is 91.0 Å². The highest BCUT2D eigenvalue weighted by atomic mass is 16.7. The summed E-state index contributed by atoms with van der Waals surface area (Å²) in [4.78, 5) is 22.5. The molecule has 10 nitrogen and oxygen atoms in total. The second-order valence-electron chi connectivity index (χ2n) is 10.2. The SMILES string of the molecule is CC(=O)N[C@H]1[C@H](Oc2ccc([N+](=O)[O-])cc2)O[C@H](COC(c2ccccc2)(c2ccccc2)c2ccccc2)[C@@H](O)[C@@H]1O. The number of benzene rings is 4. The molecular weight excluding hydrogens is 552 g/mol. The van der Waals surface area contributed by atoms with Gasteiger partial charge in [0.25, 0.3) is 5.69 Å². The molecule has 0 bridgehead atoms. The van der Waals surface area contributed by atoms with Gasteiger partial charge in [-0.1, -0.05) is 91.0 Å². The maximum atomic E-state index is 12.0. The van der Waals surface area contributed by atoms with Gasteiger partial charge in [-0.25, -0.2) is 0 Å². The lowest BCUT2D eigenvalue weighted by atomic mass is 9.80. The second kappa shape index (κ2) is 13.1. The summed E-state index contributed by atoms with van der Waals surface area (Å²) in [5.41, 5.74) is 1.28. The van der Waals surface area contributed by atoms with Gasteiger partial charge in [0.05, 0.1) is 11.5 Å². The summed E-state index contributed by atoms with van der Waals surface area (Å²) in [5, 5.41) is 36.0. The minimum absolute atomic E-state index is 0.129. The van der Waals surface area contributed by atoms with Gasteiger partial charge in [-0.2, -0.15) is 0 Å². The van der Waals surface area contributed by atoms with Gasteiger partial charge in [-0.3, -0.25) is 14.9 Å². The molecule has 0 spiro atoms. The molecule has 0 radical (unpaired) electrons. The van der Waals surface area contributed by atoms with Crippen LogP contribution in [-0.2, 0) is 19.9 Å². The third-order valence-corrected chi connectivity index (χ3v) is 7.38. The lowest BCUT2D eigenvalue weighted by Crippen LogP contribution is -2.65. The molecule has 0 aromatic heterocycles. The number of non-ortho nitro benzene ring substituents is 1. The summed E-state index contributed by atoms with van der Waals surface area (Å²) in [6, 6.07) is 33.2. The molecule has 1 heterocycles. The Bertz CT molecular complexity index is 1410. The predicted molar refractivity (Wildman–Crippen MR) is 157 cm³/mol. The number of aliphatic hydroxyl groups excluding tert-OH is 2. The van der Waals surface area contributed by atoms with E-state index in [1.54, 1.807) is 0 Å². The molecule has 222 valence electrons. The molecule has 0 unspecified atom stereocenters. The molecule has 1 fully saturated rings. The first kappa shape index (κ1) is 29.9. The highest BCUT2D eigenvalue weighted by Crippen LogP contribution is 2.41. The van der Waals surface area contributed by atoms with Gasteiger partial charge in [-0.15, -0.1) is 0 Å². The largest absolute Gasteiger partial charge is 0.463 e. The Kier molecular flexibility index (Phi) is 9.13. The molecule has 43 heavy (non-hydrogen) atoms. The van der Waals surface area contributed by atoms with E-state index in [-0.39, 0.29) is 18.0 Å². The van der Waals surface area contributed by atoms with Crippen LogP contribution in [0.2, 0.25) is 0 Å². The fourth-order valence-corrected chi connectivity index (χ4v) is 5.31. The number of aliphatic hydroxyl groups is 2. The first-order chi connectivity index (χ1) is 20.8. The maximum Gasteiger partial charge on any atom is 0.269 e. The zero-order valence-corrected chi connectivity index (χ0v) is 23.4. The van der Waals surface area contributed by atoms with E-state index < -0.39 is 47.1 Å². The van der Waals surface area contributed by atoms with Crippen molar-refractivity contribution in [2.45, 2.75) is 43.2 Å². The van der Waals surface area contributed by atoms with Gasteiger partial charge in [0.1, 0.15) is 35.7 Å². The summed E-state index contributed by atoms with van der Waals surface area (Å²) in [7, 11) is 0. The number of amides is 1. The van der Waals surface area contributed by atoms with E-state index >= 15 is 0 Å². The van der Waals surface area contributed by atoms with Gasteiger partial charge in [0.15, 0.2) is 0 Å². The molecule has 4 aromatic carbocycles. The van der Waals surface area contributed by atoms with Crippen molar-refractivity contribution in [2.24, 2.45) is 0 Å². The molecule has 4 aromatic rings. The molecule has 10 heteroatoms. The van der Waals surface area contributed by atoms with E-state index in [1.165, 1.54) is 31.2 Å². The van der Waals surface area contributed by atoms with Crippen molar-refractivity contribution < 1.29 is 34.1 Å². The number of hydrogen-bond acceptors (Lipinski definition) is 8. The number of carbonyl (C=O) groups excluding carboxylic acids is 1. The topological polar surface area (TPSA) is 140 Å². The molecule has 5 rings (SSSR count). The minimum atomic E-state index is -1.48. The van der Waals surface area contributed by atoms with Crippen LogP contribution in [0.5, 0.6) is 5.75 Å². The lowest BCUT2D eigenvalue weighted by molar-refractivity contribution is -0.384. The molecular formula is C33H32N2O8. The minimum Gasteiger partial charge on any atom is -0.463 e. The van der Waals surface area contributed by atoms with E-state index in [4.69, 9.17) is 14.2 Å². The average Bonchev–Trinajstić information content (AvgIpc) is 3.03. The quantitative estimate of drug-likeness (QED) is 0.145. The van der Waals surface area contributed by atoms with Crippen molar-refractivity contribution in [3.05, 3.63) is 142 Å². The number of nitro benzene ring substituents is 1. The first-order valence-corrected chi connectivity index (χ1v) is 13.8. The van der Waals surface area contributed by atoms with Crippen molar-refractivity contribution in [3.8, 4) is 5.75 Å². The second-order valence-corrected chi connectivity index (χ2v) is 10.2. The summed E-state index contributed by atoms with van der Waals surface area (Å²) in [6.45, 7) is 1.09. The number of nitrogens with one attached hydrogen (secondary N) is 1. The normalized spacial score (nSPS) is 22.0. The molecule has 1 aliphatic heterocycles. The molecule has 0 saturated carbocycles. The maximum absolute atomic E-state index is 12.0. The van der Waals surface area contributed by atoms with E-state index in [0.29, 0.717) is 0 Å². The molecule has 1 aliphatic rings. The Labute approximate surface area is 248 Å². The Hall–Kier alpha value is -4.61. The van der Waals surface area contributed by atoms with Crippen LogP contribution < -0.4 is 10.1 Å². The number of nitro groups is 1. The Morgan fingerprint density at radius 1 is 0.837 bits per heavy atom. The average molecular weight is 585 g/mol. The molecule has 3 N–H and O–H groups in total. The zero-order chi connectivity index (χ0) is 30.4. The monoisotopic (exact) mass is 584 g/mol. The summed E-state index contributed by atoms with van der Waals surface area (Å²) in [5.74, 6) is -0.260. The van der Waals surface area contributed by atoms with Crippen LogP contribution >= 0.6 is 0 Å². The van der Waals surface area contributed by atoms with Crippen LogP contribution in [0, 0.1) is 10.1 Å². The van der Waals surface area contributed by atoms with Crippen LogP contribution in [0.4, 0.5) is 5.69 Å². The third-order valence-electron chi connectivity index (χ3n) is 7.38. The van der Waals surface area contributed by atoms with Crippen molar-refractivity contribution in [3.63, 3.8) is 0 Å². The van der Waals surface area contributed by atoms with Crippen LogP contribution in [-0.4, -0.2) is 58.3 Å². The van der Waals surface area contributed by atoms with E-state index in [0.717, 1.165) is 16.7 Å². The van der Waals surface area contributed by atoms with Crippen LogP contribution in [0.3, 0.4) is 0 Å². The van der Waals surface area contributed by atoms with Crippen LogP contribution in [0.1, 0.15) is 23.6 Å². The van der Waals surface area contributed by atoms with Crippen molar-refractivity contribution in [1.29, 1.82) is 0 Å². The van der Waals surface area contributed by atoms with Crippen LogP contribution in [0.15, 0.2) is 115 Å². The van der Waals surface area contributed by atoms with Gasteiger partial charge in [0, 0.05) is 19.1 Å². The number of nitrogens with zero attached hydrogens (tertiary/aromatic N) is 1. The molecule has 1 saturated heterocycles. The summed E-state index contributed by atoms with van der Waals surface area (Å²) in [6.07, 6.45) is -5.27. The van der Waals surface area contributed by atoms with Crippen LogP contribution in [0.25, 0.3) is 0 Å². The van der Waals surface area contributed by atoms with Crippen molar-refractivity contribution in [1.82, 2.24) is 5.32 Å². The van der Waals surface area contributed by atoms with Crippen molar-refractivity contribution in [2.75, 3.05) is 6.61 Å². The Balaban J connectivity index is 1.49. The van der Waals surface area contributed by atoms with E-state index in [2.05, 4.69) is 5.32 Å². The molecule has 0 aliphatic carbocycles. The number of hydrogen-bond donors (Lipinski definition) is 3. The zero-order valence-electron chi connectivity index (χ0n) is 23.4. The van der Waals surface area contributed by atoms with Gasteiger partial charge in [0.2, 0.25) is 12.2 Å². The number of rotatable bonds is 10. The highest BCUT2D eigenvalue weighted by Gasteiger charge is 2.48. The van der Waals surface area contributed by atoms with Gasteiger partial charge in [-0.05, 0) is 28.8 Å². The summed E-state index contributed by atoms with van der Waals surface area (Å²) >= 11 is 0. The van der Waals surface area contributed by atoms with Crippen molar-refractivity contribution >= 4 is 11.6 Å². The third kappa shape index (κ3) is 6.42. The standard InChI is InChI=1S/C33H32N2O8/c1-22(36)34-29-31(38)30(37)28(43-32(29)42-27-19-17-26(18-20-27)35(39)40)21-41-33(23-11-5-2-6-12-23,24-13-7-3-8-14-24)25-15-9-4-10-16-25/h2-20,28-32,37-38H,21H2,1H3,(H,34,36)/t28-,29-,30-,31-,32-/m1/s1. The Morgan fingerprint density at radius 2 is 1.33 bits per heavy atom. The first-order valence-electron chi connectivity index (χ1n) is 13.8.